The van der Waals surface area contributed by atoms with Crippen molar-refractivity contribution < 1.29 is 19.4 Å². The monoisotopic (exact) mass is 323 g/mol. The number of amides is 1. The van der Waals surface area contributed by atoms with E-state index in [1.54, 1.807) is 24.3 Å². The van der Waals surface area contributed by atoms with Crippen molar-refractivity contribution in [1.82, 2.24) is 4.90 Å². The molecule has 1 amide bonds. The van der Waals surface area contributed by atoms with Gasteiger partial charge in [0.25, 0.3) is 5.91 Å². The van der Waals surface area contributed by atoms with Gasteiger partial charge in [-0.15, -0.1) is 0 Å². The molecule has 1 heterocycles. The first-order valence-corrected chi connectivity index (χ1v) is 7.87. The lowest BCUT2D eigenvalue weighted by Gasteiger charge is -2.41. The number of hydrogen-bond donors (Lipinski definition) is 1. The molecule has 0 unspecified atom stereocenters. The van der Waals surface area contributed by atoms with E-state index in [4.69, 9.17) is 16.3 Å². The van der Waals surface area contributed by atoms with Gasteiger partial charge in [0.1, 0.15) is 5.72 Å². The third-order valence-electron chi connectivity index (χ3n) is 4.47. The first-order valence-electron chi connectivity index (χ1n) is 7.49. The second-order valence-corrected chi connectivity index (χ2v) is 6.29. The molecule has 1 N–H and O–H groups in total. The van der Waals surface area contributed by atoms with E-state index in [1.165, 1.54) is 4.90 Å². The smallest absolute Gasteiger partial charge is 0.328 e. The molecular weight excluding hydrogens is 306 g/mol. The molecule has 0 aromatic heterocycles. The van der Waals surface area contributed by atoms with E-state index in [0.717, 1.165) is 19.3 Å². The van der Waals surface area contributed by atoms with Crippen LogP contribution in [0.5, 0.6) is 0 Å². The molecule has 2 fully saturated rings. The standard InChI is InChI=1S/C16H18ClNO4/c17-12-6-4-5-11(9-12)14(19)18-13(15(20)21)10-22-16(18)7-2-1-3-8-16/h4-6,9,13H,1-3,7-8,10H2,(H,20,21)/t13-/m1/s1. The molecule has 118 valence electrons. The Morgan fingerprint density at radius 3 is 2.64 bits per heavy atom. The summed E-state index contributed by atoms with van der Waals surface area (Å²) >= 11 is 5.95. The van der Waals surface area contributed by atoms with Crippen molar-refractivity contribution in [2.24, 2.45) is 0 Å². The molecule has 1 aliphatic heterocycles. The van der Waals surface area contributed by atoms with Crippen LogP contribution in [0.3, 0.4) is 0 Å². The van der Waals surface area contributed by atoms with E-state index in [9.17, 15) is 14.7 Å². The molecule has 0 radical (unpaired) electrons. The van der Waals surface area contributed by atoms with Gasteiger partial charge in [-0.2, -0.15) is 0 Å². The van der Waals surface area contributed by atoms with Gasteiger partial charge >= 0.3 is 5.97 Å². The van der Waals surface area contributed by atoms with Crippen LogP contribution in [0.2, 0.25) is 5.02 Å². The number of carbonyl (C=O) groups is 2. The van der Waals surface area contributed by atoms with Crippen LogP contribution in [0.25, 0.3) is 0 Å². The van der Waals surface area contributed by atoms with Crippen LogP contribution >= 0.6 is 11.6 Å². The van der Waals surface area contributed by atoms with Gasteiger partial charge in [-0.3, -0.25) is 9.69 Å². The van der Waals surface area contributed by atoms with Gasteiger partial charge in [0, 0.05) is 10.6 Å². The third kappa shape index (κ3) is 2.59. The van der Waals surface area contributed by atoms with Gasteiger partial charge < -0.3 is 9.84 Å². The molecule has 6 heteroatoms. The van der Waals surface area contributed by atoms with E-state index in [0.29, 0.717) is 23.4 Å². The van der Waals surface area contributed by atoms with Crippen LogP contribution in [0, 0.1) is 0 Å². The Labute approximate surface area is 133 Å². The molecule has 1 spiro atoms. The Balaban J connectivity index is 1.97. The Kier molecular flexibility index (Phi) is 4.10. The van der Waals surface area contributed by atoms with Gasteiger partial charge in [0.15, 0.2) is 6.04 Å². The fourth-order valence-electron chi connectivity index (χ4n) is 3.42. The molecule has 0 bridgehead atoms. The predicted molar refractivity (Wildman–Crippen MR) is 80.8 cm³/mol. The van der Waals surface area contributed by atoms with Gasteiger partial charge in [-0.25, -0.2) is 4.79 Å². The summed E-state index contributed by atoms with van der Waals surface area (Å²) in [6.07, 6.45) is 4.32. The van der Waals surface area contributed by atoms with Crippen LogP contribution in [0.1, 0.15) is 42.5 Å². The maximum Gasteiger partial charge on any atom is 0.328 e. The maximum absolute atomic E-state index is 12.9. The van der Waals surface area contributed by atoms with E-state index in [1.807, 2.05) is 0 Å². The summed E-state index contributed by atoms with van der Waals surface area (Å²) in [7, 11) is 0. The van der Waals surface area contributed by atoms with E-state index in [-0.39, 0.29) is 12.5 Å². The van der Waals surface area contributed by atoms with Crippen LogP contribution in [-0.2, 0) is 9.53 Å². The SMILES string of the molecule is O=C(O)[C@H]1COC2(CCCCC2)N1C(=O)c1cccc(Cl)c1. The maximum atomic E-state index is 12.9. The van der Waals surface area contributed by atoms with Gasteiger partial charge in [-0.1, -0.05) is 24.1 Å². The van der Waals surface area contributed by atoms with Gasteiger partial charge in [0.2, 0.25) is 0 Å². The number of nitrogens with zero attached hydrogens (tertiary/aromatic N) is 1. The minimum absolute atomic E-state index is 0.0433. The lowest BCUT2D eigenvalue weighted by molar-refractivity contribution is -0.143. The van der Waals surface area contributed by atoms with Crippen molar-refractivity contribution in [1.29, 1.82) is 0 Å². The molecule has 3 rings (SSSR count). The number of ether oxygens (including phenoxy) is 1. The molecule has 1 saturated heterocycles. The zero-order valence-electron chi connectivity index (χ0n) is 12.1. The average Bonchev–Trinajstić information content (AvgIpc) is 2.86. The normalized spacial score (nSPS) is 23.7. The van der Waals surface area contributed by atoms with Crippen molar-refractivity contribution in [3.8, 4) is 0 Å². The number of aliphatic carboxylic acids is 1. The number of rotatable bonds is 2. The first-order chi connectivity index (χ1) is 10.5. The molecule has 2 aliphatic rings. The van der Waals surface area contributed by atoms with Crippen molar-refractivity contribution in [2.75, 3.05) is 6.61 Å². The summed E-state index contributed by atoms with van der Waals surface area (Å²) in [4.78, 5) is 25.9. The van der Waals surface area contributed by atoms with Crippen molar-refractivity contribution in [2.45, 2.75) is 43.9 Å². The zero-order valence-corrected chi connectivity index (χ0v) is 12.9. The zero-order chi connectivity index (χ0) is 15.7. The van der Waals surface area contributed by atoms with Crippen LogP contribution < -0.4 is 0 Å². The highest BCUT2D eigenvalue weighted by Gasteiger charge is 2.53. The number of benzene rings is 1. The molecule has 5 nitrogen and oxygen atoms in total. The van der Waals surface area contributed by atoms with E-state index in [2.05, 4.69) is 0 Å². The molecule has 1 aromatic rings. The Morgan fingerprint density at radius 2 is 2.00 bits per heavy atom. The van der Waals surface area contributed by atoms with Crippen molar-refractivity contribution in [3.63, 3.8) is 0 Å². The summed E-state index contributed by atoms with van der Waals surface area (Å²) in [6.45, 7) is 0.0433. The van der Waals surface area contributed by atoms with Gasteiger partial charge in [-0.05, 0) is 43.9 Å². The number of carbonyl (C=O) groups excluding carboxylic acids is 1. The summed E-state index contributed by atoms with van der Waals surface area (Å²) in [5.41, 5.74) is -0.380. The minimum atomic E-state index is -1.03. The number of hydrogen-bond acceptors (Lipinski definition) is 3. The second-order valence-electron chi connectivity index (χ2n) is 5.86. The summed E-state index contributed by atoms with van der Waals surface area (Å²) in [5.74, 6) is -1.35. The Bertz CT molecular complexity index is 598. The Hall–Kier alpha value is -1.59. The highest BCUT2D eigenvalue weighted by atomic mass is 35.5. The Morgan fingerprint density at radius 1 is 1.27 bits per heavy atom. The van der Waals surface area contributed by atoms with Crippen molar-refractivity contribution in [3.05, 3.63) is 34.9 Å². The lowest BCUT2D eigenvalue weighted by Crippen LogP contribution is -2.54. The largest absolute Gasteiger partial charge is 0.480 e. The summed E-state index contributed by atoms with van der Waals surface area (Å²) in [6, 6.07) is 5.66. The third-order valence-corrected chi connectivity index (χ3v) is 4.71. The molecule has 1 aromatic carbocycles. The molecule has 1 saturated carbocycles. The fourth-order valence-corrected chi connectivity index (χ4v) is 3.61. The summed E-state index contributed by atoms with van der Waals surface area (Å²) in [5, 5.41) is 9.90. The predicted octanol–water partition coefficient (Wildman–Crippen LogP) is 2.93. The van der Waals surface area contributed by atoms with Crippen molar-refractivity contribution >= 4 is 23.5 Å². The minimum Gasteiger partial charge on any atom is -0.480 e. The molecule has 1 atom stereocenters. The number of halogens is 1. The number of carboxylic acids is 1. The second kappa shape index (κ2) is 5.89. The lowest BCUT2D eigenvalue weighted by atomic mass is 9.89. The van der Waals surface area contributed by atoms with Gasteiger partial charge in [0.05, 0.1) is 6.61 Å². The molecule has 22 heavy (non-hydrogen) atoms. The fraction of sp³-hybridized carbons (Fsp3) is 0.500. The van der Waals surface area contributed by atoms with E-state index >= 15 is 0 Å². The molecule has 1 aliphatic carbocycles. The van der Waals surface area contributed by atoms with Crippen LogP contribution in [-0.4, -0.2) is 40.3 Å². The van der Waals surface area contributed by atoms with Crippen LogP contribution in [0.4, 0.5) is 0 Å². The number of carboxylic acid groups (broad SMARTS) is 1. The average molecular weight is 324 g/mol. The molecular formula is C16H18ClNO4. The first kappa shape index (κ1) is 15.3. The highest BCUT2D eigenvalue weighted by Crippen LogP contribution is 2.41. The highest BCUT2D eigenvalue weighted by molar-refractivity contribution is 6.31. The van der Waals surface area contributed by atoms with Crippen LogP contribution in [0.15, 0.2) is 24.3 Å². The van der Waals surface area contributed by atoms with E-state index < -0.39 is 17.7 Å². The quantitative estimate of drug-likeness (QED) is 0.908. The summed E-state index contributed by atoms with van der Waals surface area (Å²) < 4.78 is 5.83. The topological polar surface area (TPSA) is 66.8 Å².